The Hall–Kier alpha value is -1.73. The molecule has 6 nitrogen and oxygen atoms in total. The number of benzene rings is 1. The number of hydrogen-bond acceptors (Lipinski definition) is 5. The zero-order valence-corrected chi connectivity index (χ0v) is 11.8. The second kappa shape index (κ2) is 5.94. The third-order valence-electron chi connectivity index (χ3n) is 2.31. The van der Waals surface area contributed by atoms with Gasteiger partial charge in [0.25, 0.3) is 0 Å². The van der Waals surface area contributed by atoms with E-state index in [1.54, 1.807) is 0 Å². The molecule has 0 aliphatic rings. The second-order valence-electron chi connectivity index (χ2n) is 3.61. The van der Waals surface area contributed by atoms with Crippen LogP contribution in [0.25, 0.3) is 0 Å². The highest BCUT2D eigenvalue weighted by Crippen LogP contribution is 2.22. The summed E-state index contributed by atoms with van der Waals surface area (Å²) in [7, 11) is 0. The molecule has 1 N–H and O–H groups in total. The Morgan fingerprint density at radius 2 is 2.05 bits per heavy atom. The predicted molar refractivity (Wildman–Crippen MR) is 75.2 cm³/mol. The molecule has 0 radical (unpaired) electrons. The monoisotopic (exact) mass is 342 g/mol. The molecule has 0 bridgehead atoms. The number of aromatic nitrogens is 2. The highest BCUT2D eigenvalue weighted by atomic mass is 79.9. The lowest BCUT2D eigenvalue weighted by atomic mass is 10.2. The van der Waals surface area contributed by atoms with Crippen molar-refractivity contribution in [1.29, 1.82) is 0 Å². The summed E-state index contributed by atoms with van der Waals surface area (Å²) in [6, 6.07) is 7.56. The molecule has 0 amide bonds. The quantitative estimate of drug-likeness (QED) is 0.522. The molecule has 0 saturated carbocycles. The Morgan fingerprint density at radius 3 is 2.68 bits per heavy atom. The lowest BCUT2D eigenvalue weighted by Gasteiger charge is -2.06. The topological polar surface area (TPSA) is 81.0 Å². The van der Waals surface area contributed by atoms with Crippen molar-refractivity contribution >= 4 is 39.0 Å². The molecule has 0 unspecified atom stereocenters. The van der Waals surface area contributed by atoms with Gasteiger partial charge in [-0.25, -0.2) is 4.98 Å². The summed E-state index contributed by atoms with van der Waals surface area (Å²) in [5, 5.41) is 13.7. The predicted octanol–water partition coefficient (Wildman–Crippen LogP) is 3.41. The average molecular weight is 344 g/mol. The standard InChI is InChI=1S/C11H8BrClN4O2/c12-8-3-1-7(2-4-8)5-14-10-9(17(18)19)6-15-11(13)16-10/h1-4,6H,5H2,(H,14,15,16). The summed E-state index contributed by atoms with van der Waals surface area (Å²) < 4.78 is 0.965. The average Bonchev–Trinajstić information content (AvgIpc) is 2.38. The summed E-state index contributed by atoms with van der Waals surface area (Å²) in [5.41, 5.74) is 0.758. The fourth-order valence-electron chi connectivity index (χ4n) is 1.41. The Kier molecular flexibility index (Phi) is 4.28. The van der Waals surface area contributed by atoms with Crippen LogP contribution in [0.5, 0.6) is 0 Å². The SMILES string of the molecule is O=[N+]([O-])c1cnc(Cl)nc1NCc1ccc(Br)cc1. The van der Waals surface area contributed by atoms with Gasteiger partial charge in [-0.2, -0.15) is 4.98 Å². The van der Waals surface area contributed by atoms with Gasteiger partial charge in [0.1, 0.15) is 6.20 Å². The summed E-state index contributed by atoms with van der Waals surface area (Å²) in [6.45, 7) is 0.404. The summed E-state index contributed by atoms with van der Waals surface area (Å²) in [6.07, 6.45) is 1.08. The van der Waals surface area contributed by atoms with E-state index < -0.39 is 4.92 Å². The van der Waals surface area contributed by atoms with Crippen LogP contribution in [-0.2, 0) is 6.54 Å². The molecule has 19 heavy (non-hydrogen) atoms. The molecule has 0 atom stereocenters. The van der Waals surface area contributed by atoms with E-state index in [2.05, 4.69) is 31.2 Å². The molecule has 2 aromatic rings. The number of rotatable bonds is 4. The molecular weight excluding hydrogens is 336 g/mol. The third-order valence-corrected chi connectivity index (χ3v) is 3.02. The molecule has 1 aromatic heterocycles. The minimum atomic E-state index is -0.555. The van der Waals surface area contributed by atoms with E-state index in [4.69, 9.17) is 11.6 Å². The van der Waals surface area contributed by atoms with Crippen molar-refractivity contribution in [2.45, 2.75) is 6.54 Å². The van der Waals surface area contributed by atoms with E-state index in [-0.39, 0.29) is 16.8 Å². The maximum atomic E-state index is 10.8. The van der Waals surface area contributed by atoms with Gasteiger partial charge in [-0.15, -0.1) is 0 Å². The van der Waals surface area contributed by atoms with Gasteiger partial charge in [0.2, 0.25) is 11.1 Å². The maximum absolute atomic E-state index is 10.8. The Morgan fingerprint density at radius 1 is 1.37 bits per heavy atom. The normalized spacial score (nSPS) is 10.2. The van der Waals surface area contributed by atoms with Crippen molar-refractivity contribution in [3.05, 3.63) is 55.9 Å². The summed E-state index contributed by atoms with van der Waals surface area (Å²) >= 11 is 8.97. The molecular formula is C11H8BrClN4O2. The van der Waals surface area contributed by atoms with Crippen LogP contribution in [0.2, 0.25) is 5.28 Å². The number of nitro groups is 1. The number of nitrogens with zero attached hydrogens (tertiary/aromatic N) is 3. The van der Waals surface area contributed by atoms with Gasteiger partial charge in [0.15, 0.2) is 0 Å². The van der Waals surface area contributed by atoms with Crippen molar-refractivity contribution < 1.29 is 4.92 Å². The molecule has 8 heteroatoms. The fraction of sp³-hybridized carbons (Fsp3) is 0.0909. The van der Waals surface area contributed by atoms with Gasteiger partial charge in [-0.05, 0) is 29.3 Å². The lowest BCUT2D eigenvalue weighted by molar-refractivity contribution is -0.384. The van der Waals surface area contributed by atoms with Crippen LogP contribution in [0.3, 0.4) is 0 Å². The van der Waals surface area contributed by atoms with Crippen LogP contribution in [0.4, 0.5) is 11.5 Å². The Balaban J connectivity index is 2.16. The van der Waals surface area contributed by atoms with Crippen LogP contribution >= 0.6 is 27.5 Å². The van der Waals surface area contributed by atoms with E-state index in [9.17, 15) is 10.1 Å². The molecule has 98 valence electrons. The van der Waals surface area contributed by atoms with Crippen LogP contribution in [-0.4, -0.2) is 14.9 Å². The van der Waals surface area contributed by atoms with Crippen molar-refractivity contribution in [2.75, 3.05) is 5.32 Å². The number of anilines is 1. The van der Waals surface area contributed by atoms with E-state index >= 15 is 0 Å². The molecule has 2 rings (SSSR count). The van der Waals surface area contributed by atoms with Gasteiger partial charge in [0, 0.05) is 11.0 Å². The first-order valence-electron chi connectivity index (χ1n) is 5.21. The first kappa shape index (κ1) is 13.7. The molecule has 0 aliphatic heterocycles. The van der Waals surface area contributed by atoms with Gasteiger partial charge >= 0.3 is 5.69 Å². The lowest BCUT2D eigenvalue weighted by Crippen LogP contribution is -2.05. The molecule has 0 aliphatic carbocycles. The minimum absolute atomic E-state index is 0.0380. The summed E-state index contributed by atoms with van der Waals surface area (Å²) in [4.78, 5) is 17.7. The van der Waals surface area contributed by atoms with Crippen molar-refractivity contribution in [3.63, 3.8) is 0 Å². The zero-order valence-electron chi connectivity index (χ0n) is 9.51. The van der Waals surface area contributed by atoms with E-state index in [1.807, 2.05) is 24.3 Å². The zero-order chi connectivity index (χ0) is 13.8. The van der Waals surface area contributed by atoms with Crippen LogP contribution < -0.4 is 5.32 Å². The molecule has 0 spiro atoms. The van der Waals surface area contributed by atoms with Crippen LogP contribution in [0.1, 0.15) is 5.56 Å². The molecule has 1 heterocycles. The molecule has 0 saturated heterocycles. The number of hydrogen-bond donors (Lipinski definition) is 1. The minimum Gasteiger partial charge on any atom is -0.360 e. The van der Waals surface area contributed by atoms with Crippen molar-refractivity contribution in [1.82, 2.24) is 9.97 Å². The van der Waals surface area contributed by atoms with Crippen LogP contribution in [0, 0.1) is 10.1 Å². The third kappa shape index (κ3) is 3.62. The van der Waals surface area contributed by atoms with E-state index in [0.29, 0.717) is 6.54 Å². The largest absolute Gasteiger partial charge is 0.360 e. The van der Waals surface area contributed by atoms with Crippen molar-refractivity contribution in [3.8, 4) is 0 Å². The fourth-order valence-corrected chi connectivity index (χ4v) is 1.80. The highest BCUT2D eigenvalue weighted by Gasteiger charge is 2.16. The number of nitrogens with one attached hydrogen (secondary N) is 1. The first-order chi connectivity index (χ1) is 9.06. The maximum Gasteiger partial charge on any atom is 0.329 e. The van der Waals surface area contributed by atoms with Gasteiger partial charge < -0.3 is 5.32 Å². The van der Waals surface area contributed by atoms with Gasteiger partial charge in [-0.1, -0.05) is 28.1 Å². The first-order valence-corrected chi connectivity index (χ1v) is 6.38. The van der Waals surface area contributed by atoms with Gasteiger partial charge in [0.05, 0.1) is 4.92 Å². The number of halogens is 2. The Labute approximate surface area is 122 Å². The van der Waals surface area contributed by atoms with Crippen molar-refractivity contribution in [2.24, 2.45) is 0 Å². The summed E-state index contributed by atoms with van der Waals surface area (Å²) in [5.74, 6) is 0.105. The van der Waals surface area contributed by atoms with E-state index in [1.165, 1.54) is 0 Å². The van der Waals surface area contributed by atoms with Gasteiger partial charge in [-0.3, -0.25) is 10.1 Å². The smallest absolute Gasteiger partial charge is 0.329 e. The van der Waals surface area contributed by atoms with Crippen LogP contribution in [0.15, 0.2) is 34.9 Å². The Bertz CT molecular complexity index is 606. The van der Waals surface area contributed by atoms with E-state index in [0.717, 1.165) is 16.2 Å². The highest BCUT2D eigenvalue weighted by molar-refractivity contribution is 9.10. The second-order valence-corrected chi connectivity index (χ2v) is 4.86. The molecule has 1 aromatic carbocycles. The molecule has 0 fully saturated rings.